The Hall–Kier alpha value is -4.68. The molecule has 6 atom stereocenters. The van der Waals surface area contributed by atoms with Gasteiger partial charge in [-0.1, -0.05) is 57.2 Å². The molecule has 5 rings (SSSR count). The molecule has 17 heteroatoms. The normalized spacial score (nSPS) is 21.5. The van der Waals surface area contributed by atoms with Gasteiger partial charge >= 0.3 is 12.2 Å². The third kappa shape index (κ3) is 10.2. The zero-order valence-corrected chi connectivity index (χ0v) is 30.4. The summed E-state index contributed by atoms with van der Waals surface area (Å²) >= 11 is 0. The van der Waals surface area contributed by atoms with Gasteiger partial charge in [-0.3, -0.25) is 15.6 Å². The van der Waals surface area contributed by atoms with Crippen LogP contribution in [0.2, 0.25) is 0 Å². The number of nitrogens with zero attached hydrogens (tertiary/aromatic N) is 3. The molecule has 6 N–H and O–H groups in total. The van der Waals surface area contributed by atoms with Crippen molar-refractivity contribution in [3.05, 3.63) is 65.2 Å². The van der Waals surface area contributed by atoms with Crippen molar-refractivity contribution in [2.75, 3.05) is 41.0 Å². The van der Waals surface area contributed by atoms with Crippen molar-refractivity contribution in [3.8, 4) is 5.75 Å². The van der Waals surface area contributed by atoms with E-state index in [9.17, 15) is 19.5 Å². The van der Waals surface area contributed by atoms with Crippen LogP contribution in [0.15, 0.2) is 53.6 Å². The molecule has 0 aliphatic carbocycles. The van der Waals surface area contributed by atoms with E-state index >= 15 is 0 Å². The first-order chi connectivity index (χ1) is 24.8. The minimum absolute atomic E-state index is 0.0594. The maximum Gasteiger partial charge on any atom is 0.407 e. The minimum Gasteiger partial charge on any atom is -0.497 e. The largest absolute Gasteiger partial charge is 0.497 e. The average Bonchev–Trinajstić information content (AvgIpc) is 3.86. The number of carbonyl (C=O) groups is 3. The van der Waals surface area contributed by atoms with Gasteiger partial charge in [0, 0.05) is 25.7 Å². The Kier molecular flexibility index (Phi) is 12.8. The number of aliphatic hydroxyl groups is 1. The molecule has 52 heavy (non-hydrogen) atoms. The first-order valence-electron chi connectivity index (χ1n) is 17.2. The summed E-state index contributed by atoms with van der Waals surface area (Å²) < 4.78 is 27.1. The van der Waals surface area contributed by atoms with Crippen LogP contribution in [0.5, 0.6) is 5.75 Å². The number of methoxy groups -OCH3 is 2. The summed E-state index contributed by atoms with van der Waals surface area (Å²) in [5, 5.41) is 24.7. The molecule has 17 nitrogen and oxygen atoms in total. The predicted molar refractivity (Wildman–Crippen MR) is 188 cm³/mol. The third-order valence-electron chi connectivity index (χ3n) is 9.06. The first kappa shape index (κ1) is 38.5. The molecule has 284 valence electrons. The molecule has 3 amide bonds. The first-order valence-corrected chi connectivity index (χ1v) is 17.2. The molecule has 3 heterocycles. The molecular weight excluding hydrogens is 676 g/mol. The van der Waals surface area contributed by atoms with Crippen LogP contribution in [0.4, 0.5) is 9.59 Å². The van der Waals surface area contributed by atoms with Crippen molar-refractivity contribution in [1.82, 2.24) is 37.1 Å². The van der Waals surface area contributed by atoms with Gasteiger partial charge < -0.3 is 39.4 Å². The van der Waals surface area contributed by atoms with E-state index in [1.165, 1.54) is 7.11 Å². The van der Waals surface area contributed by atoms with Gasteiger partial charge in [0.2, 0.25) is 0 Å². The van der Waals surface area contributed by atoms with Gasteiger partial charge in [-0.05, 0) is 41.5 Å². The summed E-state index contributed by atoms with van der Waals surface area (Å²) in [7, 11) is 4.58. The van der Waals surface area contributed by atoms with Crippen LogP contribution in [-0.4, -0.2) is 111 Å². The van der Waals surface area contributed by atoms with Crippen LogP contribution < -0.4 is 31.8 Å². The third-order valence-corrected chi connectivity index (χ3v) is 9.06. The van der Waals surface area contributed by atoms with Crippen molar-refractivity contribution in [1.29, 1.82) is 0 Å². The molecule has 2 aromatic rings. The van der Waals surface area contributed by atoms with Gasteiger partial charge in [0.15, 0.2) is 12.1 Å². The van der Waals surface area contributed by atoms with Crippen LogP contribution in [-0.2, 0) is 36.7 Å². The fraction of sp³-hybridized carbons (Fsp3) is 0.543. The monoisotopic (exact) mass is 726 g/mol. The standard InChI is InChI=1S/C35H50N8O9/c1-35(2,3)29(37-33(46)49-6)31(45)40-43(18-22-7-11-23(12-8-22)30-38-41-42(4)39-30)19-27(44)26(17-21-9-13-24(48-5)14-10-21)36-34(47)52-28-20-51-32-25(28)15-16-50-32/h7-14,25-29,32,41,44H,15-20H2,1-6H3,(H,36,47)(H,37,46)(H,38,39)(H,40,45)/t25-,26-,27-,28-,29?,32+/m0/s1. The van der Waals surface area contributed by atoms with Crippen LogP contribution in [0.1, 0.15) is 43.9 Å². The lowest BCUT2D eigenvalue weighted by Gasteiger charge is -2.34. The predicted octanol–water partition coefficient (Wildman–Crippen LogP) is 1.38. The quantitative estimate of drug-likeness (QED) is 0.153. The lowest BCUT2D eigenvalue weighted by molar-refractivity contribution is -0.131. The van der Waals surface area contributed by atoms with Gasteiger partial charge in [0.1, 0.15) is 17.9 Å². The van der Waals surface area contributed by atoms with Crippen molar-refractivity contribution in [2.24, 2.45) is 16.4 Å². The summed E-state index contributed by atoms with van der Waals surface area (Å²) in [5.74, 6) is 0.719. The smallest absolute Gasteiger partial charge is 0.407 e. The molecule has 2 aromatic carbocycles. The molecule has 3 aliphatic rings. The topological polar surface area (TPSA) is 197 Å². The summed E-state index contributed by atoms with van der Waals surface area (Å²) in [4.78, 5) is 39.3. The number of fused-ring (bicyclic) bond motifs is 1. The lowest BCUT2D eigenvalue weighted by Crippen LogP contribution is -2.59. The molecule has 0 aromatic heterocycles. The lowest BCUT2D eigenvalue weighted by atomic mass is 9.86. The molecule has 3 aliphatic heterocycles. The van der Waals surface area contributed by atoms with Crippen molar-refractivity contribution < 1.29 is 43.2 Å². The SMILES string of the molecule is COC(=O)NC(C(=O)NN(Cc1ccc(C2=NNN(C)N2)cc1)C[C@H](O)[C@H](Cc1ccc(OC)cc1)NC(=O)O[C@H]1CO[C@H]2OCC[C@H]21)C(C)(C)C. The van der Waals surface area contributed by atoms with E-state index in [4.69, 9.17) is 23.7 Å². The molecule has 2 saturated heterocycles. The molecule has 0 saturated carbocycles. The number of carbonyl (C=O) groups excluding carboxylic acids is 3. The van der Waals surface area contributed by atoms with Crippen LogP contribution in [0, 0.1) is 11.3 Å². The number of rotatable bonds is 14. The van der Waals surface area contributed by atoms with Gasteiger partial charge in [-0.15, -0.1) is 10.2 Å². The number of benzene rings is 2. The van der Waals surface area contributed by atoms with Crippen LogP contribution in [0.25, 0.3) is 0 Å². The average molecular weight is 727 g/mol. The van der Waals surface area contributed by atoms with Crippen LogP contribution in [0.3, 0.4) is 0 Å². The molecule has 1 unspecified atom stereocenters. The van der Waals surface area contributed by atoms with Crippen molar-refractivity contribution in [2.45, 2.75) is 70.7 Å². The number of hydrogen-bond acceptors (Lipinski definition) is 14. The number of hydrazone groups is 1. The highest BCUT2D eigenvalue weighted by Crippen LogP contribution is 2.33. The fourth-order valence-corrected chi connectivity index (χ4v) is 6.20. The maximum atomic E-state index is 13.8. The number of hydrazine groups is 3. The highest BCUT2D eigenvalue weighted by molar-refractivity contribution is 5.98. The van der Waals surface area contributed by atoms with Gasteiger partial charge in [0.25, 0.3) is 5.91 Å². The Bertz CT molecular complexity index is 1550. The number of ether oxygens (including phenoxy) is 5. The Morgan fingerprint density at radius 2 is 1.75 bits per heavy atom. The Balaban J connectivity index is 1.36. The van der Waals surface area contributed by atoms with Gasteiger partial charge in [-0.25, -0.2) is 20.1 Å². The van der Waals surface area contributed by atoms with Crippen LogP contribution >= 0.6 is 0 Å². The molecule has 2 fully saturated rings. The van der Waals surface area contributed by atoms with Crippen molar-refractivity contribution >= 4 is 23.9 Å². The highest BCUT2D eigenvalue weighted by Gasteiger charge is 2.44. The highest BCUT2D eigenvalue weighted by atomic mass is 16.7. The summed E-state index contributed by atoms with van der Waals surface area (Å²) in [6.45, 7) is 6.24. The summed E-state index contributed by atoms with van der Waals surface area (Å²) in [6.07, 6.45) is -2.60. The number of alkyl carbamates (subject to hydrolysis) is 2. The molecule has 0 radical (unpaired) electrons. The van der Waals surface area contributed by atoms with Gasteiger partial charge in [-0.2, -0.15) is 0 Å². The Labute approximate surface area is 303 Å². The van der Waals surface area contributed by atoms with E-state index in [1.54, 1.807) is 36.4 Å². The van der Waals surface area contributed by atoms with Crippen molar-refractivity contribution in [3.63, 3.8) is 0 Å². The summed E-state index contributed by atoms with van der Waals surface area (Å²) in [6, 6.07) is 13.0. The van der Waals surface area contributed by atoms with E-state index in [0.717, 1.165) is 23.1 Å². The second-order valence-electron chi connectivity index (χ2n) is 14.1. The van der Waals surface area contributed by atoms with Gasteiger partial charge in [0.05, 0.1) is 45.5 Å². The van der Waals surface area contributed by atoms with E-state index in [0.29, 0.717) is 18.2 Å². The number of hydrogen-bond donors (Lipinski definition) is 6. The Morgan fingerprint density at radius 3 is 2.38 bits per heavy atom. The van der Waals surface area contributed by atoms with E-state index < -0.39 is 54.1 Å². The Morgan fingerprint density at radius 1 is 1.04 bits per heavy atom. The van der Waals surface area contributed by atoms with E-state index in [2.05, 4.69) is 32.1 Å². The fourth-order valence-electron chi connectivity index (χ4n) is 6.20. The maximum absolute atomic E-state index is 13.8. The second kappa shape index (κ2) is 17.2. The van der Waals surface area contributed by atoms with E-state index in [1.807, 2.05) is 57.2 Å². The van der Waals surface area contributed by atoms with E-state index in [-0.39, 0.29) is 32.0 Å². The summed E-state index contributed by atoms with van der Waals surface area (Å²) in [5.41, 5.74) is 10.5. The molecule has 0 bridgehead atoms. The number of nitrogens with one attached hydrogen (secondary N) is 5. The number of amides is 3. The number of amidine groups is 1. The second-order valence-corrected chi connectivity index (χ2v) is 14.1. The zero-order valence-electron chi connectivity index (χ0n) is 30.4. The zero-order chi connectivity index (χ0) is 37.4. The molecular formula is C35H50N8O9. The minimum atomic E-state index is -1.21. The number of aliphatic hydroxyl groups excluding tert-OH is 1. The molecule has 0 spiro atoms.